The Morgan fingerprint density at radius 3 is 2.22 bits per heavy atom. The summed E-state index contributed by atoms with van der Waals surface area (Å²) in [5.41, 5.74) is 8.76. The average Bonchev–Trinajstić information content (AvgIpc) is 3.99. The molecule has 11 heteroatoms. The quantitative estimate of drug-likeness (QED) is 0.0452. The number of rotatable bonds is 16. The zero-order valence-corrected chi connectivity index (χ0v) is 40.1. The van der Waals surface area contributed by atoms with Gasteiger partial charge in [0, 0.05) is 17.5 Å². The van der Waals surface area contributed by atoms with Crippen LogP contribution in [0.1, 0.15) is 179 Å². The number of fused-ring (bicyclic) bond motifs is 7. The van der Waals surface area contributed by atoms with Crippen molar-refractivity contribution in [2.24, 2.45) is 23.7 Å². The maximum atomic E-state index is 14.2. The molecule has 5 heterocycles. The number of allylic oxidation sites excluding steroid dienone is 3. The van der Waals surface area contributed by atoms with Crippen molar-refractivity contribution in [3.8, 4) is 0 Å². The fourth-order valence-corrected chi connectivity index (χ4v) is 8.91. The third-order valence-electron chi connectivity index (χ3n) is 12.4. The van der Waals surface area contributed by atoms with Crippen molar-refractivity contribution < 1.29 is 28.7 Å². The molecule has 10 nitrogen and oxygen atoms in total. The van der Waals surface area contributed by atoms with Gasteiger partial charge >= 0.3 is 35.0 Å². The van der Waals surface area contributed by atoms with Gasteiger partial charge in [0.05, 0.1) is 7.11 Å². The minimum atomic E-state index is -1.26. The summed E-state index contributed by atoms with van der Waals surface area (Å²) in [5, 5.41) is 6.19. The van der Waals surface area contributed by atoms with Crippen molar-refractivity contribution in [1.29, 1.82) is 0 Å². The second kappa shape index (κ2) is 23.9. The molecule has 0 spiro atoms. The third kappa shape index (κ3) is 11.4. The predicted molar refractivity (Wildman–Crippen MR) is 256 cm³/mol. The van der Waals surface area contributed by atoms with Gasteiger partial charge in [0.2, 0.25) is 0 Å². The van der Waals surface area contributed by atoms with Crippen molar-refractivity contribution in [2.75, 3.05) is 13.7 Å². The smallest absolute Gasteiger partial charge is 0.664 e. The van der Waals surface area contributed by atoms with Crippen LogP contribution in [-0.4, -0.2) is 60.8 Å². The fraction of sp³-hybridized carbons (Fsp3) is 0.500. The number of hydrogen-bond donors (Lipinski definition) is 0. The number of ether oxygens (including phenoxy) is 2. The third-order valence-corrected chi connectivity index (χ3v) is 12.4. The Bertz CT molecular complexity index is 2370. The van der Waals surface area contributed by atoms with Gasteiger partial charge in [0.1, 0.15) is 18.8 Å². The standard InChI is InChI=1S/C42H45N4O6.C9H20.CH4.Mg/c1-9-12-21(4)15-16-52-35(48)14-13-27-23(6)30-17-29-22(5)25(10-2)32(43-29)19-34-28(20-47)26(11-3)33(44-34)18-31-24(7)36-40(46-31)37(39(27)45-30)38(41(36)49)42(50)51-8;1-4-6-8-9(3)7-5-2;;/h10,15,17-20,23,27,38H,2,9,11-14,16H2,1,3-8H3,(H-,45,46,47,49);9H,4-8H2,1-3H3;1H4;/q-3;;;+2/p-1/b21-15+,30-17-,34-19-;;;/t23-,27-,38+;9-;;/m00../s1. The molecule has 3 aromatic rings. The molecule has 0 radical (unpaired) electrons. The van der Waals surface area contributed by atoms with Crippen LogP contribution in [0.25, 0.3) is 35.2 Å². The Kier molecular flexibility index (Phi) is 20.0. The Morgan fingerprint density at radius 2 is 1.60 bits per heavy atom. The van der Waals surface area contributed by atoms with Gasteiger partial charge < -0.3 is 29.7 Å². The van der Waals surface area contributed by atoms with Gasteiger partial charge in [0.15, 0.2) is 5.78 Å². The summed E-state index contributed by atoms with van der Waals surface area (Å²) < 4.78 is 10.8. The minimum absolute atomic E-state index is 0. The summed E-state index contributed by atoms with van der Waals surface area (Å²) in [6, 6.07) is 0. The van der Waals surface area contributed by atoms with Crippen LogP contribution in [0, 0.1) is 37.5 Å². The van der Waals surface area contributed by atoms with E-state index in [-0.39, 0.29) is 61.3 Å². The topological polar surface area (TPSA) is 143 Å². The van der Waals surface area contributed by atoms with E-state index in [0.29, 0.717) is 80.0 Å². The Labute approximate surface area is 391 Å². The first-order valence-corrected chi connectivity index (χ1v) is 22.2. The van der Waals surface area contributed by atoms with E-state index >= 15 is 0 Å². The number of aromatic nitrogens is 3. The second-order valence-electron chi connectivity index (χ2n) is 16.8. The molecule has 1 aliphatic carbocycles. The fourth-order valence-electron chi connectivity index (χ4n) is 8.91. The molecule has 63 heavy (non-hydrogen) atoms. The Balaban J connectivity index is 0.000000866. The summed E-state index contributed by atoms with van der Waals surface area (Å²) in [4.78, 5) is 67.9. The average molecular weight is 869 g/mol. The van der Waals surface area contributed by atoms with Gasteiger partial charge in [-0.3, -0.25) is 19.2 Å². The molecule has 1 saturated heterocycles. The van der Waals surface area contributed by atoms with Crippen molar-refractivity contribution in [3.05, 3.63) is 102 Å². The van der Waals surface area contributed by atoms with Crippen molar-refractivity contribution in [2.45, 2.75) is 134 Å². The Morgan fingerprint density at radius 1 is 0.905 bits per heavy atom. The van der Waals surface area contributed by atoms with Crippen molar-refractivity contribution in [3.63, 3.8) is 0 Å². The molecule has 3 aromatic heterocycles. The van der Waals surface area contributed by atoms with Crippen LogP contribution in [0.3, 0.4) is 0 Å². The number of carbonyl (C=O) groups excluding carboxylic acids is 4. The molecule has 8 bridgehead atoms. The summed E-state index contributed by atoms with van der Waals surface area (Å²) in [6.45, 7) is 23.0. The maximum absolute atomic E-state index is 14.2. The number of unbranched alkanes of at least 4 members (excludes halogenated alkanes) is 1. The molecule has 2 aliphatic heterocycles. The molecule has 0 amide bonds. The summed E-state index contributed by atoms with van der Waals surface area (Å²) in [6.07, 6.45) is 19.9. The van der Waals surface area contributed by atoms with Crippen molar-refractivity contribution in [1.82, 2.24) is 15.0 Å². The monoisotopic (exact) mass is 869 g/mol. The molecule has 0 N–H and O–H groups in total. The number of aldehydes is 1. The molecule has 1 fully saturated rings. The number of nitrogens with zero attached hydrogens (tertiary/aromatic N) is 4. The maximum Gasteiger partial charge on any atom is 2.00 e. The molecule has 0 saturated carbocycles. The van der Waals surface area contributed by atoms with E-state index in [4.69, 9.17) is 29.7 Å². The van der Waals surface area contributed by atoms with E-state index in [1.807, 2.05) is 39.8 Å². The molecule has 4 atom stereocenters. The van der Waals surface area contributed by atoms with E-state index in [2.05, 4.69) is 34.3 Å². The van der Waals surface area contributed by atoms with Gasteiger partial charge in [-0.15, -0.1) is 33.5 Å². The minimum Gasteiger partial charge on any atom is -0.664 e. The summed E-state index contributed by atoms with van der Waals surface area (Å²) >= 11 is 0. The van der Waals surface area contributed by atoms with Gasteiger partial charge in [-0.05, 0) is 69.4 Å². The van der Waals surface area contributed by atoms with Crippen LogP contribution in [0.2, 0.25) is 0 Å². The molecular formula is C52H68MgN4O6-2. The van der Waals surface area contributed by atoms with E-state index in [0.717, 1.165) is 41.7 Å². The molecule has 6 rings (SSSR count). The van der Waals surface area contributed by atoms with Gasteiger partial charge in [-0.25, -0.2) is 0 Å². The normalized spacial score (nSPS) is 20.8. The number of ketones is 1. The number of hydrogen-bond acceptors (Lipinski definition) is 6. The van der Waals surface area contributed by atoms with Crippen LogP contribution < -0.4 is 25.7 Å². The largest absolute Gasteiger partial charge is 2.00 e. The number of methoxy groups -OCH3 is 1. The first-order valence-electron chi connectivity index (χ1n) is 22.2. The number of carbonyl (C=O) groups is 4. The molecular weight excluding hydrogens is 801 g/mol. The van der Waals surface area contributed by atoms with Crippen LogP contribution in [0.5, 0.6) is 0 Å². The Hall–Kier alpha value is -4.61. The first kappa shape index (κ1) is 52.7. The summed E-state index contributed by atoms with van der Waals surface area (Å²) in [7, 11) is 1.26. The van der Waals surface area contributed by atoms with Crippen LogP contribution in [0.15, 0.2) is 29.6 Å². The molecule has 336 valence electrons. The van der Waals surface area contributed by atoms with Crippen molar-refractivity contribution >= 4 is 76.9 Å². The molecule has 3 aliphatic rings. The first-order chi connectivity index (χ1) is 29.3. The SMILES string of the molecule is C.C=Cc1c2[n-]c(c1C)/C=C1\[N-]/C(=C3\c4[n-]c(c(C)c4C(=O)[C@@H]3C(=O)OC)/C=c3\[n-]/c(c(C=O)c3CC)=C\2)[C@@H](CCC(=O)OC/C=C(\C)CCC)[C@@H]1C.CCCC[C@@H](C)CCC.[Mg+2]. The van der Waals surface area contributed by atoms with Gasteiger partial charge in [0.25, 0.3) is 0 Å². The number of Topliss-reactive ketones (excluding diaryl/α,β-unsaturated/α-hetero) is 1. The zero-order valence-electron chi connectivity index (χ0n) is 38.7. The molecule has 0 aromatic carbocycles. The predicted octanol–water partition coefficient (Wildman–Crippen LogP) is 9.48. The van der Waals surface area contributed by atoms with Crippen LogP contribution >= 0.6 is 0 Å². The molecule has 0 unspecified atom stereocenters. The van der Waals surface area contributed by atoms with Crippen LogP contribution in [-0.2, 0) is 25.5 Å². The zero-order chi connectivity index (χ0) is 44.5. The summed E-state index contributed by atoms with van der Waals surface area (Å²) in [5.74, 6) is -2.32. The number of esters is 2. The second-order valence-corrected chi connectivity index (χ2v) is 16.8. The van der Waals surface area contributed by atoms with E-state index in [1.54, 1.807) is 25.2 Å². The van der Waals surface area contributed by atoms with Crippen LogP contribution in [0.4, 0.5) is 0 Å². The van der Waals surface area contributed by atoms with Gasteiger partial charge in [-0.2, -0.15) is 11.4 Å². The van der Waals surface area contributed by atoms with E-state index < -0.39 is 17.7 Å². The van der Waals surface area contributed by atoms with E-state index in [1.165, 1.54) is 44.8 Å². The van der Waals surface area contributed by atoms with E-state index in [9.17, 15) is 19.2 Å². The van der Waals surface area contributed by atoms with Gasteiger partial charge in [-0.1, -0.05) is 146 Å².